The van der Waals surface area contributed by atoms with Gasteiger partial charge in [0.1, 0.15) is 11.8 Å². The SMILES string of the molecule is CCCC(=O)N(Cc1ccc(OC)cc1)C(Cc1ccccc1)C(=O)NCc1ccc(C)cc1. The summed E-state index contributed by atoms with van der Waals surface area (Å²) in [6.45, 7) is 4.79. The molecule has 3 aromatic carbocycles. The van der Waals surface area contributed by atoms with Crippen LogP contribution in [-0.4, -0.2) is 29.9 Å². The van der Waals surface area contributed by atoms with Gasteiger partial charge >= 0.3 is 0 Å². The Balaban J connectivity index is 1.86. The van der Waals surface area contributed by atoms with Crippen molar-refractivity contribution in [1.82, 2.24) is 10.2 Å². The smallest absolute Gasteiger partial charge is 0.243 e. The zero-order valence-electron chi connectivity index (χ0n) is 20.3. The monoisotopic (exact) mass is 458 g/mol. The van der Waals surface area contributed by atoms with Crippen LogP contribution in [0.1, 0.15) is 42.0 Å². The second-order valence-corrected chi connectivity index (χ2v) is 8.53. The number of hydrogen-bond donors (Lipinski definition) is 1. The Hall–Kier alpha value is -3.60. The zero-order chi connectivity index (χ0) is 24.3. The highest BCUT2D eigenvalue weighted by Crippen LogP contribution is 2.18. The fourth-order valence-electron chi connectivity index (χ4n) is 3.85. The highest BCUT2D eigenvalue weighted by Gasteiger charge is 2.29. The zero-order valence-corrected chi connectivity index (χ0v) is 20.3. The minimum atomic E-state index is -0.617. The summed E-state index contributed by atoms with van der Waals surface area (Å²) in [6, 6.07) is 25.0. The van der Waals surface area contributed by atoms with E-state index in [0.29, 0.717) is 25.9 Å². The summed E-state index contributed by atoms with van der Waals surface area (Å²) in [5.74, 6) is 0.582. The molecule has 3 aromatic rings. The largest absolute Gasteiger partial charge is 0.497 e. The summed E-state index contributed by atoms with van der Waals surface area (Å²) in [6.07, 6.45) is 1.57. The third-order valence-corrected chi connectivity index (χ3v) is 5.83. The van der Waals surface area contributed by atoms with Gasteiger partial charge in [-0.3, -0.25) is 9.59 Å². The first-order chi connectivity index (χ1) is 16.5. The number of carbonyl (C=O) groups is 2. The van der Waals surface area contributed by atoms with Crippen LogP contribution in [0.3, 0.4) is 0 Å². The van der Waals surface area contributed by atoms with E-state index >= 15 is 0 Å². The normalized spacial score (nSPS) is 11.5. The number of benzene rings is 3. The highest BCUT2D eigenvalue weighted by atomic mass is 16.5. The molecule has 5 heteroatoms. The van der Waals surface area contributed by atoms with Gasteiger partial charge < -0.3 is 15.0 Å². The molecule has 1 atom stereocenters. The summed E-state index contributed by atoms with van der Waals surface area (Å²) in [5.41, 5.74) is 4.17. The molecule has 0 heterocycles. The standard InChI is InChI=1S/C29H34N2O3/c1-4-8-28(32)31(21-25-15-17-26(34-3)18-16-25)27(19-23-9-6-5-7-10-23)29(33)30-20-24-13-11-22(2)12-14-24/h5-7,9-18,27H,4,8,19-21H2,1-3H3,(H,30,33). The van der Waals surface area contributed by atoms with Gasteiger partial charge in [-0.05, 0) is 42.2 Å². The van der Waals surface area contributed by atoms with Crippen LogP contribution in [-0.2, 0) is 29.1 Å². The Morgan fingerprint density at radius 2 is 1.53 bits per heavy atom. The summed E-state index contributed by atoms with van der Waals surface area (Å²) in [5, 5.41) is 3.07. The van der Waals surface area contributed by atoms with E-state index in [-0.39, 0.29) is 11.8 Å². The number of amides is 2. The minimum absolute atomic E-state index is 0.0234. The predicted octanol–water partition coefficient (Wildman–Crippen LogP) is 5.06. The number of rotatable bonds is 11. The molecule has 34 heavy (non-hydrogen) atoms. The van der Waals surface area contributed by atoms with Gasteiger partial charge in [0.25, 0.3) is 0 Å². The number of hydrogen-bond acceptors (Lipinski definition) is 3. The molecule has 0 spiro atoms. The minimum Gasteiger partial charge on any atom is -0.497 e. The lowest BCUT2D eigenvalue weighted by atomic mass is 10.0. The lowest BCUT2D eigenvalue weighted by Gasteiger charge is -2.31. The van der Waals surface area contributed by atoms with Crippen molar-refractivity contribution in [2.45, 2.75) is 52.2 Å². The van der Waals surface area contributed by atoms with Crippen LogP contribution in [0.15, 0.2) is 78.9 Å². The lowest BCUT2D eigenvalue weighted by molar-refractivity contribution is -0.141. The molecule has 0 saturated carbocycles. The van der Waals surface area contributed by atoms with Crippen LogP contribution in [0, 0.1) is 6.92 Å². The summed E-state index contributed by atoms with van der Waals surface area (Å²) in [7, 11) is 1.63. The van der Waals surface area contributed by atoms with E-state index in [9.17, 15) is 9.59 Å². The van der Waals surface area contributed by atoms with E-state index in [1.807, 2.05) is 92.7 Å². The van der Waals surface area contributed by atoms with Gasteiger partial charge in [-0.2, -0.15) is 0 Å². The molecule has 0 radical (unpaired) electrons. The molecular weight excluding hydrogens is 424 g/mol. The van der Waals surface area contributed by atoms with Crippen LogP contribution in [0.25, 0.3) is 0 Å². The number of carbonyl (C=O) groups excluding carboxylic acids is 2. The molecule has 178 valence electrons. The summed E-state index contributed by atoms with van der Waals surface area (Å²) in [4.78, 5) is 28.5. The Bertz CT molecular complexity index is 1050. The maximum atomic E-state index is 13.5. The molecule has 0 aliphatic rings. The lowest BCUT2D eigenvalue weighted by Crippen LogP contribution is -2.50. The van der Waals surface area contributed by atoms with Crippen molar-refractivity contribution >= 4 is 11.8 Å². The van der Waals surface area contributed by atoms with Gasteiger partial charge in [-0.1, -0.05) is 79.2 Å². The molecule has 2 amide bonds. The molecule has 0 saturated heterocycles. The molecule has 1 N–H and O–H groups in total. The van der Waals surface area contributed by atoms with Crippen molar-refractivity contribution in [2.75, 3.05) is 7.11 Å². The third-order valence-electron chi connectivity index (χ3n) is 5.83. The van der Waals surface area contributed by atoms with E-state index in [2.05, 4.69) is 5.32 Å². The third kappa shape index (κ3) is 7.20. The number of nitrogens with zero attached hydrogens (tertiary/aromatic N) is 1. The molecule has 0 aliphatic heterocycles. The molecule has 0 fully saturated rings. The van der Waals surface area contributed by atoms with E-state index in [1.54, 1.807) is 12.0 Å². The van der Waals surface area contributed by atoms with Crippen molar-refractivity contribution in [3.05, 3.63) is 101 Å². The van der Waals surface area contributed by atoms with Crippen molar-refractivity contribution in [3.8, 4) is 5.75 Å². The van der Waals surface area contributed by atoms with E-state index in [0.717, 1.165) is 28.9 Å². The van der Waals surface area contributed by atoms with E-state index < -0.39 is 6.04 Å². The Morgan fingerprint density at radius 3 is 2.15 bits per heavy atom. The van der Waals surface area contributed by atoms with Crippen molar-refractivity contribution in [1.29, 1.82) is 0 Å². The second kappa shape index (κ2) is 12.6. The first-order valence-corrected chi connectivity index (χ1v) is 11.8. The molecule has 5 nitrogen and oxygen atoms in total. The average Bonchev–Trinajstić information content (AvgIpc) is 2.86. The van der Waals surface area contributed by atoms with Crippen LogP contribution in [0.4, 0.5) is 0 Å². The van der Waals surface area contributed by atoms with Crippen LogP contribution in [0.2, 0.25) is 0 Å². The molecule has 0 aliphatic carbocycles. The van der Waals surface area contributed by atoms with Crippen molar-refractivity contribution < 1.29 is 14.3 Å². The van der Waals surface area contributed by atoms with Crippen molar-refractivity contribution in [3.63, 3.8) is 0 Å². The van der Waals surface area contributed by atoms with Gasteiger partial charge in [0.05, 0.1) is 7.11 Å². The van der Waals surface area contributed by atoms with E-state index in [4.69, 9.17) is 4.74 Å². The predicted molar refractivity (Wildman–Crippen MR) is 135 cm³/mol. The summed E-state index contributed by atoms with van der Waals surface area (Å²) < 4.78 is 5.26. The maximum Gasteiger partial charge on any atom is 0.243 e. The Morgan fingerprint density at radius 1 is 0.882 bits per heavy atom. The second-order valence-electron chi connectivity index (χ2n) is 8.53. The quantitative estimate of drug-likeness (QED) is 0.437. The fourth-order valence-corrected chi connectivity index (χ4v) is 3.85. The molecule has 1 unspecified atom stereocenters. The highest BCUT2D eigenvalue weighted by molar-refractivity contribution is 5.88. The topological polar surface area (TPSA) is 58.6 Å². The molecule has 0 aromatic heterocycles. The van der Waals surface area contributed by atoms with Gasteiger partial charge in [0.2, 0.25) is 11.8 Å². The van der Waals surface area contributed by atoms with Crippen LogP contribution < -0.4 is 10.1 Å². The van der Waals surface area contributed by atoms with Crippen molar-refractivity contribution in [2.24, 2.45) is 0 Å². The Kier molecular flexibility index (Phi) is 9.27. The summed E-state index contributed by atoms with van der Waals surface area (Å²) >= 11 is 0. The first kappa shape index (κ1) is 25.0. The maximum absolute atomic E-state index is 13.5. The van der Waals surface area contributed by atoms with Gasteiger partial charge in [0, 0.05) is 25.9 Å². The fraction of sp³-hybridized carbons (Fsp3) is 0.310. The molecule has 0 bridgehead atoms. The van der Waals surface area contributed by atoms with Crippen LogP contribution >= 0.6 is 0 Å². The molecule has 3 rings (SSSR count). The molecular formula is C29H34N2O3. The van der Waals surface area contributed by atoms with Crippen LogP contribution in [0.5, 0.6) is 5.75 Å². The van der Waals surface area contributed by atoms with Gasteiger partial charge in [-0.25, -0.2) is 0 Å². The first-order valence-electron chi connectivity index (χ1n) is 11.8. The number of nitrogens with one attached hydrogen (secondary N) is 1. The average molecular weight is 459 g/mol. The number of aryl methyl sites for hydroxylation is 1. The van der Waals surface area contributed by atoms with Gasteiger partial charge in [0.15, 0.2) is 0 Å². The Labute approximate surface area is 202 Å². The number of methoxy groups -OCH3 is 1. The van der Waals surface area contributed by atoms with E-state index in [1.165, 1.54) is 5.56 Å². The van der Waals surface area contributed by atoms with Gasteiger partial charge in [-0.15, -0.1) is 0 Å². The number of ether oxygens (including phenoxy) is 1.